The summed E-state index contributed by atoms with van der Waals surface area (Å²) in [6.07, 6.45) is 1.49. The Balaban J connectivity index is 1.94. The minimum atomic E-state index is -0.346. The second-order valence-corrected chi connectivity index (χ2v) is 7.41. The number of amides is 1. The molecule has 1 aromatic carbocycles. The highest BCUT2D eigenvalue weighted by molar-refractivity contribution is 7.20. The molecule has 7 nitrogen and oxygen atoms in total. The summed E-state index contributed by atoms with van der Waals surface area (Å²) in [6, 6.07) is 4.96. The van der Waals surface area contributed by atoms with E-state index < -0.39 is 0 Å². The summed E-state index contributed by atoms with van der Waals surface area (Å²) in [4.78, 5) is 30.9. The van der Waals surface area contributed by atoms with Gasteiger partial charge < -0.3 is 14.8 Å². The van der Waals surface area contributed by atoms with Crippen molar-refractivity contribution in [3.63, 3.8) is 0 Å². The Morgan fingerprint density at radius 2 is 2.18 bits per heavy atom. The normalized spacial score (nSPS) is 11.0. The molecule has 28 heavy (non-hydrogen) atoms. The quantitative estimate of drug-likeness (QED) is 0.588. The zero-order valence-corrected chi connectivity index (χ0v) is 17.3. The minimum absolute atomic E-state index is 0.183. The number of nitrogens with one attached hydrogen (secondary N) is 1. The van der Waals surface area contributed by atoms with Crippen LogP contribution < -0.4 is 15.6 Å². The van der Waals surface area contributed by atoms with Gasteiger partial charge in [-0.15, -0.1) is 11.3 Å². The fourth-order valence-electron chi connectivity index (χ4n) is 2.80. The highest BCUT2D eigenvalue weighted by Crippen LogP contribution is 2.31. The lowest BCUT2D eigenvalue weighted by atomic mass is 10.2. The van der Waals surface area contributed by atoms with Crippen LogP contribution in [0, 0.1) is 6.92 Å². The predicted molar refractivity (Wildman–Crippen MR) is 111 cm³/mol. The molecule has 0 aliphatic rings. The third kappa shape index (κ3) is 4.04. The molecule has 0 saturated carbocycles. The maximum atomic E-state index is 12.8. The molecule has 0 bridgehead atoms. The van der Waals surface area contributed by atoms with Crippen LogP contribution in [-0.4, -0.2) is 35.8 Å². The van der Waals surface area contributed by atoms with Gasteiger partial charge in [-0.3, -0.25) is 14.2 Å². The molecule has 1 N–H and O–H groups in total. The first-order valence-electron chi connectivity index (χ1n) is 8.67. The first kappa shape index (κ1) is 20.3. The van der Waals surface area contributed by atoms with Crippen LogP contribution in [0.5, 0.6) is 5.75 Å². The standard InChI is InChI=1S/C19H20ClN3O4S/c1-4-27-8-7-23-10-21-18-15(19(23)25)11(2)16(28-18)17(24)22-13-9-12(20)5-6-14(13)26-3/h5-6,9-10H,4,7-8H2,1-3H3,(H,22,24). The summed E-state index contributed by atoms with van der Waals surface area (Å²) in [5.41, 5.74) is 0.874. The number of fused-ring (bicyclic) bond motifs is 1. The molecule has 0 saturated heterocycles. The number of methoxy groups -OCH3 is 1. The number of rotatable bonds is 7. The van der Waals surface area contributed by atoms with Gasteiger partial charge in [-0.25, -0.2) is 4.98 Å². The fraction of sp³-hybridized carbons (Fsp3) is 0.316. The second-order valence-electron chi connectivity index (χ2n) is 5.98. The molecule has 2 aromatic heterocycles. The summed E-state index contributed by atoms with van der Waals surface area (Å²) >= 11 is 7.20. The van der Waals surface area contributed by atoms with Crippen molar-refractivity contribution in [2.75, 3.05) is 25.6 Å². The number of halogens is 1. The molecule has 3 rings (SSSR count). The molecular weight excluding hydrogens is 402 g/mol. The zero-order chi connectivity index (χ0) is 20.3. The average Bonchev–Trinajstić information content (AvgIpc) is 3.01. The summed E-state index contributed by atoms with van der Waals surface area (Å²) < 4.78 is 12.1. The summed E-state index contributed by atoms with van der Waals surface area (Å²) in [6.45, 7) is 5.06. The third-order valence-corrected chi connectivity index (χ3v) is 5.65. The van der Waals surface area contributed by atoms with E-state index in [2.05, 4.69) is 10.3 Å². The Morgan fingerprint density at radius 1 is 1.39 bits per heavy atom. The van der Waals surface area contributed by atoms with Crippen LogP contribution in [-0.2, 0) is 11.3 Å². The molecule has 0 aliphatic carbocycles. The predicted octanol–water partition coefficient (Wildman–Crippen LogP) is 3.72. The van der Waals surface area contributed by atoms with Crippen molar-refractivity contribution < 1.29 is 14.3 Å². The lowest BCUT2D eigenvalue weighted by molar-refractivity contribution is 0.102. The van der Waals surface area contributed by atoms with Crippen LogP contribution in [0.3, 0.4) is 0 Å². The topological polar surface area (TPSA) is 82.5 Å². The fourth-order valence-corrected chi connectivity index (χ4v) is 4.01. The minimum Gasteiger partial charge on any atom is -0.495 e. The van der Waals surface area contributed by atoms with Gasteiger partial charge in [-0.1, -0.05) is 11.6 Å². The van der Waals surface area contributed by atoms with Gasteiger partial charge in [-0.2, -0.15) is 0 Å². The van der Waals surface area contributed by atoms with Crippen molar-refractivity contribution in [1.82, 2.24) is 9.55 Å². The molecule has 0 radical (unpaired) electrons. The van der Waals surface area contributed by atoms with Gasteiger partial charge in [0.25, 0.3) is 11.5 Å². The van der Waals surface area contributed by atoms with Gasteiger partial charge in [-0.05, 0) is 37.6 Å². The zero-order valence-electron chi connectivity index (χ0n) is 15.7. The van der Waals surface area contributed by atoms with Crippen molar-refractivity contribution in [3.8, 4) is 5.75 Å². The van der Waals surface area contributed by atoms with Crippen LogP contribution >= 0.6 is 22.9 Å². The molecule has 1 amide bonds. The van der Waals surface area contributed by atoms with E-state index in [4.69, 9.17) is 21.1 Å². The van der Waals surface area contributed by atoms with Crippen LogP contribution in [0.15, 0.2) is 29.3 Å². The van der Waals surface area contributed by atoms with Crippen LogP contribution in [0.1, 0.15) is 22.2 Å². The van der Waals surface area contributed by atoms with Gasteiger partial charge in [0.1, 0.15) is 10.6 Å². The number of aromatic nitrogens is 2. The van der Waals surface area contributed by atoms with Gasteiger partial charge in [0.05, 0.1) is 42.5 Å². The highest BCUT2D eigenvalue weighted by atomic mass is 35.5. The van der Waals surface area contributed by atoms with Gasteiger partial charge in [0.2, 0.25) is 0 Å². The molecule has 2 heterocycles. The van der Waals surface area contributed by atoms with E-state index in [1.165, 1.54) is 29.3 Å². The number of benzene rings is 1. The van der Waals surface area contributed by atoms with Crippen molar-refractivity contribution in [1.29, 1.82) is 0 Å². The van der Waals surface area contributed by atoms with Crippen molar-refractivity contribution in [2.24, 2.45) is 0 Å². The number of hydrogen-bond acceptors (Lipinski definition) is 6. The Kier molecular flexibility index (Phi) is 6.33. The van der Waals surface area contributed by atoms with Crippen molar-refractivity contribution in [2.45, 2.75) is 20.4 Å². The number of nitrogens with zero attached hydrogens (tertiary/aromatic N) is 2. The van der Waals surface area contributed by atoms with Crippen molar-refractivity contribution in [3.05, 3.63) is 50.3 Å². The Hall–Kier alpha value is -2.42. The number of aryl methyl sites for hydroxylation is 1. The number of anilines is 1. The highest BCUT2D eigenvalue weighted by Gasteiger charge is 2.20. The number of thiophene rings is 1. The molecule has 0 atom stereocenters. The maximum absolute atomic E-state index is 12.8. The van der Waals surface area contributed by atoms with E-state index in [0.29, 0.717) is 56.9 Å². The van der Waals surface area contributed by atoms with E-state index in [9.17, 15) is 9.59 Å². The molecule has 0 fully saturated rings. The SMILES string of the molecule is CCOCCn1cnc2sc(C(=O)Nc3cc(Cl)ccc3OC)c(C)c2c1=O. The first-order valence-corrected chi connectivity index (χ1v) is 9.86. The molecule has 0 unspecified atom stereocenters. The van der Waals surface area contributed by atoms with Crippen molar-refractivity contribution >= 4 is 44.7 Å². The Labute approximate surface area is 170 Å². The van der Waals surface area contributed by atoms with E-state index in [1.54, 1.807) is 25.1 Å². The molecule has 3 aromatic rings. The van der Waals surface area contributed by atoms with Gasteiger partial charge in [0.15, 0.2) is 0 Å². The number of hydrogen-bond donors (Lipinski definition) is 1. The number of carbonyl (C=O) groups is 1. The lowest BCUT2D eigenvalue weighted by Gasteiger charge is -2.10. The second kappa shape index (κ2) is 8.72. The summed E-state index contributed by atoms with van der Waals surface area (Å²) in [5, 5.41) is 3.73. The molecule has 148 valence electrons. The molecular formula is C19H20ClN3O4S. The molecule has 9 heteroatoms. The van der Waals surface area contributed by atoms with E-state index in [0.717, 1.165) is 0 Å². The van der Waals surface area contributed by atoms with E-state index in [1.807, 2.05) is 6.92 Å². The van der Waals surface area contributed by atoms with Crippen LogP contribution in [0.25, 0.3) is 10.2 Å². The van der Waals surface area contributed by atoms with E-state index >= 15 is 0 Å². The smallest absolute Gasteiger partial charge is 0.266 e. The maximum Gasteiger partial charge on any atom is 0.266 e. The van der Waals surface area contributed by atoms with Crippen LogP contribution in [0.2, 0.25) is 5.02 Å². The van der Waals surface area contributed by atoms with Gasteiger partial charge in [0, 0.05) is 11.6 Å². The molecule has 0 aliphatic heterocycles. The monoisotopic (exact) mass is 421 g/mol. The largest absolute Gasteiger partial charge is 0.495 e. The lowest BCUT2D eigenvalue weighted by Crippen LogP contribution is -2.23. The third-order valence-electron chi connectivity index (χ3n) is 4.21. The molecule has 0 spiro atoms. The summed E-state index contributed by atoms with van der Waals surface area (Å²) in [5.74, 6) is 0.147. The Morgan fingerprint density at radius 3 is 2.89 bits per heavy atom. The Bertz CT molecular complexity index is 1080. The summed E-state index contributed by atoms with van der Waals surface area (Å²) in [7, 11) is 1.51. The first-order chi connectivity index (χ1) is 13.5. The number of carbonyl (C=O) groups excluding carboxylic acids is 1. The van der Waals surface area contributed by atoms with Gasteiger partial charge >= 0.3 is 0 Å². The van der Waals surface area contributed by atoms with E-state index in [-0.39, 0.29) is 11.5 Å². The van der Waals surface area contributed by atoms with Crippen LogP contribution in [0.4, 0.5) is 5.69 Å². The average molecular weight is 422 g/mol. The number of ether oxygens (including phenoxy) is 2.